The molecule has 0 aliphatic rings. The molecule has 0 aliphatic heterocycles. The van der Waals surface area contributed by atoms with Crippen molar-refractivity contribution in [2.75, 3.05) is 24.5 Å². The third kappa shape index (κ3) is 6.24. The van der Waals surface area contributed by atoms with Crippen molar-refractivity contribution in [3.63, 3.8) is 0 Å². The highest BCUT2D eigenvalue weighted by Gasteiger charge is 2.27. The molecule has 3 rings (SSSR count). The average Bonchev–Trinajstić information content (AvgIpc) is 2.81. The summed E-state index contributed by atoms with van der Waals surface area (Å²) in [6.07, 6.45) is 1.58. The number of methoxy groups -OCH3 is 1. The quantitative estimate of drug-likeness (QED) is 0.446. The second-order valence-electron chi connectivity index (χ2n) is 7.10. The van der Waals surface area contributed by atoms with Crippen molar-refractivity contribution in [2.45, 2.75) is 17.7 Å². The van der Waals surface area contributed by atoms with Crippen LogP contribution in [0.25, 0.3) is 0 Å². The van der Waals surface area contributed by atoms with Crippen LogP contribution < -0.4 is 14.4 Å². The Hall–Kier alpha value is -3.03. The van der Waals surface area contributed by atoms with Crippen LogP contribution in [0.4, 0.5) is 5.69 Å². The lowest BCUT2D eigenvalue weighted by atomic mass is 10.1. The number of hydrogen-bond acceptors (Lipinski definition) is 4. The van der Waals surface area contributed by atoms with E-state index in [0.29, 0.717) is 23.0 Å². The van der Waals surface area contributed by atoms with Crippen molar-refractivity contribution in [3.05, 3.63) is 89.4 Å². The number of aryl methyl sites for hydroxylation is 1. The number of ether oxygens (including phenoxy) is 1. The summed E-state index contributed by atoms with van der Waals surface area (Å²) in [6, 6.07) is 22.3. The smallest absolute Gasteiger partial charge is 0.264 e. The Morgan fingerprint density at radius 3 is 2.25 bits per heavy atom. The first-order chi connectivity index (χ1) is 15.4. The molecule has 0 fully saturated rings. The molecule has 0 radical (unpaired) electrons. The van der Waals surface area contributed by atoms with Gasteiger partial charge in [0, 0.05) is 11.6 Å². The Morgan fingerprint density at radius 2 is 1.62 bits per heavy atom. The number of halogens is 1. The van der Waals surface area contributed by atoms with E-state index in [-0.39, 0.29) is 17.3 Å². The fourth-order valence-corrected chi connectivity index (χ4v) is 4.70. The number of nitrogens with zero attached hydrogens (tertiary/aromatic N) is 1. The lowest BCUT2D eigenvalue weighted by molar-refractivity contribution is -0.119. The lowest BCUT2D eigenvalue weighted by Gasteiger charge is -2.24. The first-order valence-corrected chi connectivity index (χ1v) is 11.9. The summed E-state index contributed by atoms with van der Waals surface area (Å²) in [4.78, 5) is 12.7. The van der Waals surface area contributed by atoms with Gasteiger partial charge in [-0.3, -0.25) is 9.10 Å². The molecule has 3 aromatic rings. The summed E-state index contributed by atoms with van der Waals surface area (Å²) in [5.41, 5.74) is 1.54. The minimum Gasteiger partial charge on any atom is -0.497 e. The molecular formula is C24H25ClN2O4S. The van der Waals surface area contributed by atoms with Gasteiger partial charge < -0.3 is 10.1 Å². The fraction of sp³-hybridized carbons (Fsp3) is 0.208. The summed E-state index contributed by atoms with van der Waals surface area (Å²) < 4.78 is 32.9. The van der Waals surface area contributed by atoms with Crippen LogP contribution in [0, 0.1) is 0 Å². The maximum atomic E-state index is 13.3. The maximum Gasteiger partial charge on any atom is 0.264 e. The van der Waals surface area contributed by atoms with Crippen molar-refractivity contribution < 1.29 is 17.9 Å². The van der Waals surface area contributed by atoms with Crippen molar-refractivity contribution in [3.8, 4) is 5.75 Å². The van der Waals surface area contributed by atoms with Crippen molar-refractivity contribution >= 4 is 33.2 Å². The van der Waals surface area contributed by atoms with Crippen molar-refractivity contribution in [1.29, 1.82) is 0 Å². The van der Waals surface area contributed by atoms with E-state index in [9.17, 15) is 13.2 Å². The van der Waals surface area contributed by atoms with E-state index in [2.05, 4.69) is 5.32 Å². The van der Waals surface area contributed by atoms with Crippen LogP contribution in [0.3, 0.4) is 0 Å². The number of carbonyl (C=O) groups excluding carboxylic acids is 1. The number of carbonyl (C=O) groups is 1. The number of rotatable bonds is 10. The second kappa shape index (κ2) is 11.0. The first kappa shape index (κ1) is 23.6. The molecule has 3 aromatic carbocycles. The molecule has 0 bridgehead atoms. The van der Waals surface area contributed by atoms with Crippen LogP contribution in [-0.2, 0) is 21.2 Å². The topological polar surface area (TPSA) is 75.7 Å². The Morgan fingerprint density at radius 1 is 0.969 bits per heavy atom. The largest absolute Gasteiger partial charge is 0.497 e. The van der Waals surface area contributed by atoms with Crippen LogP contribution >= 0.6 is 11.6 Å². The van der Waals surface area contributed by atoms with Gasteiger partial charge in [0.05, 0.1) is 17.7 Å². The molecule has 8 heteroatoms. The molecule has 168 valence electrons. The second-order valence-corrected chi connectivity index (χ2v) is 9.40. The van der Waals surface area contributed by atoms with E-state index < -0.39 is 10.0 Å². The Labute approximate surface area is 193 Å². The molecule has 0 saturated carbocycles. The molecule has 0 aliphatic carbocycles. The summed E-state index contributed by atoms with van der Waals surface area (Å²) in [5, 5.41) is 3.29. The van der Waals surface area contributed by atoms with Gasteiger partial charge in [0.15, 0.2) is 0 Å². The molecule has 0 atom stereocenters. The molecule has 0 spiro atoms. The molecule has 0 heterocycles. The summed E-state index contributed by atoms with van der Waals surface area (Å²) in [5.74, 6) is 0.156. The number of hydrogen-bond donors (Lipinski definition) is 1. The third-order valence-electron chi connectivity index (χ3n) is 4.86. The van der Waals surface area contributed by atoms with Crippen LogP contribution in [0.1, 0.15) is 12.0 Å². The number of sulfonamides is 1. The lowest BCUT2D eigenvalue weighted by Crippen LogP contribution is -2.41. The summed E-state index contributed by atoms with van der Waals surface area (Å²) >= 11 is 5.96. The normalized spacial score (nSPS) is 11.1. The zero-order chi connectivity index (χ0) is 23.0. The van der Waals surface area contributed by atoms with Gasteiger partial charge in [-0.25, -0.2) is 8.42 Å². The number of amides is 1. The van der Waals surface area contributed by atoms with Crippen LogP contribution in [-0.4, -0.2) is 34.5 Å². The highest BCUT2D eigenvalue weighted by atomic mass is 35.5. The van der Waals surface area contributed by atoms with E-state index in [1.807, 2.05) is 30.3 Å². The van der Waals surface area contributed by atoms with E-state index in [1.165, 1.54) is 24.8 Å². The average molecular weight is 473 g/mol. The van der Waals surface area contributed by atoms with Crippen molar-refractivity contribution in [1.82, 2.24) is 5.32 Å². The standard InChI is InChI=1S/C24H25ClN2O4S/c1-31-22-13-15-23(16-14-22)32(29,30)27(21-11-9-20(25)10-12-21)18-24(28)26-17-5-8-19-6-3-2-4-7-19/h2-4,6-7,9-16H,5,8,17-18H2,1H3,(H,26,28). The SMILES string of the molecule is COc1ccc(S(=O)(=O)N(CC(=O)NCCCc2ccccc2)c2ccc(Cl)cc2)cc1. The van der Waals surface area contributed by atoms with Gasteiger partial charge in [-0.05, 0) is 66.9 Å². The Balaban J connectivity index is 1.72. The molecule has 32 heavy (non-hydrogen) atoms. The highest BCUT2D eigenvalue weighted by molar-refractivity contribution is 7.92. The van der Waals surface area contributed by atoms with Crippen LogP contribution in [0.2, 0.25) is 5.02 Å². The highest BCUT2D eigenvalue weighted by Crippen LogP contribution is 2.26. The van der Waals surface area contributed by atoms with Crippen molar-refractivity contribution in [2.24, 2.45) is 0 Å². The molecule has 0 unspecified atom stereocenters. The molecule has 6 nitrogen and oxygen atoms in total. The summed E-state index contributed by atoms with van der Waals surface area (Å²) in [6.45, 7) is 0.103. The van der Waals surface area contributed by atoms with Crippen LogP contribution in [0.5, 0.6) is 5.75 Å². The third-order valence-corrected chi connectivity index (χ3v) is 6.90. The van der Waals surface area contributed by atoms with E-state index in [4.69, 9.17) is 16.3 Å². The molecule has 0 saturated heterocycles. The minimum absolute atomic E-state index is 0.0603. The van der Waals surface area contributed by atoms with Gasteiger partial charge in [0.25, 0.3) is 10.0 Å². The van der Waals surface area contributed by atoms with Gasteiger partial charge in [-0.1, -0.05) is 41.9 Å². The van der Waals surface area contributed by atoms with Gasteiger partial charge in [0.2, 0.25) is 5.91 Å². The zero-order valence-electron chi connectivity index (χ0n) is 17.7. The number of anilines is 1. The zero-order valence-corrected chi connectivity index (χ0v) is 19.3. The molecule has 1 amide bonds. The van der Waals surface area contributed by atoms with Gasteiger partial charge >= 0.3 is 0 Å². The molecular weight excluding hydrogens is 448 g/mol. The number of benzene rings is 3. The van der Waals surface area contributed by atoms with Crippen LogP contribution in [0.15, 0.2) is 83.8 Å². The monoisotopic (exact) mass is 472 g/mol. The van der Waals surface area contributed by atoms with E-state index in [1.54, 1.807) is 36.4 Å². The predicted octanol–water partition coefficient (Wildman–Crippen LogP) is 4.29. The molecule has 0 aromatic heterocycles. The fourth-order valence-electron chi connectivity index (χ4n) is 3.15. The summed E-state index contributed by atoms with van der Waals surface area (Å²) in [7, 11) is -2.48. The van der Waals surface area contributed by atoms with Gasteiger partial charge in [0.1, 0.15) is 12.3 Å². The van der Waals surface area contributed by atoms with Gasteiger partial charge in [-0.15, -0.1) is 0 Å². The number of nitrogens with one attached hydrogen (secondary N) is 1. The van der Waals surface area contributed by atoms with E-state index in [0.717, 1.165) is 17.1 Å². The maximum absolute atomic E-state index is 13.3. The minimum atomic E-state index is -3.99. The Bertz CT molecular complexity index is 1120. The Kier molecular flexibility index (Phi) is 8.14. The molecule has 1 N–H and O–H groups in total. The van der Waals surface area contributed by atoms with Gasteiger partial charge in [-0.2, -0.15) is 0 Å². The van der Waals surface area contributed by atoms with E-state index >= 15 is 0 Å². The first-order valence-electron chi connectivity index (χ1n) is 10.1. The predicted molar refractivity (Wildman–Crippen MR) is 127 cm³/mol.